The van der Waals surface area contributed by atoms with Crippen LogP contribution in [0.4, 0.5) is 0 Å². The van der Waals surface area contributed by atoms with Crippen LogP contribution in [0.25, 0.3) is 0 Å². The molecule has 0 N–H and O–H groups in total. The molecule has 14 heavy (non-hydrogen) atoms. The van der Waals surface area contributed by atoms with Crippen LogP contribution in [0.3, 0.4) is 0 Å². The molecule has 74 valence electrons. The van der Waals surface area contributed by atoms with E-state index >= 15 is 0 Å². The summed E-state index contributed by atoms with van der Waals surface area (Å²) in [6.45, 7) is 3.55. The van der Waals surface area contributed by atoms with Gasteiger partial charge in [0.15, 0.2) is 11.8 Å². The minimum Gasteiger partial charge on any atom is -0.292 e. The lowest BCUT2D eigenvalue weighted by Gasteiger charge is -2.02. The van der Waals surface area contributed by atoms with Gasteiger partial charge >= 0.3 is 0 Å². The highest BCUT2D eigenvalue weighted by atomic mass is 16.3. The molecule has 0 radical (unpaired) electrons. The van der Waals surface area contributed by atoms with E-state index in [1.165, 1.54) is 12.5 Å². The van der Waals surface area contributed by atoms with Gasteiger partial charge in [-0.2, -0.15) is 4.91 Å². The molecule has 1 rings (SSSR count). The Morgan fingerprint density at radius 3 is 2.36 bits per heavy atom. The van der Waals surface area contributed by atoms with Gasteiger partial charge in [0.05, 0.1) is 0 Å². The highest BCUT2D eigenvalue weighted by molar-refractivity contribution is 5.99. The lowest BCUT2D eigenvalue weighted by Crippen LogP contribution is -2.13. The molecule has 0 aliphatic heterocycles. The normalized spacial score (nSPS) is 12.1. The fourth-order valence-electron chi connectivity index (χ4n) is 1.19. The lowest BCUT2D eigenvalue weighted by atomic mass is 10.0. The number of aryl methyl sites for hydroxylation is 1. The minimum absolute atomic E-state index is 0.220. The molecule has 0 fully saturated rings. The van der Waals surface area contributed by atoms with E-state index in [0.717, 1.165) is 6.42 Å². The fourth-order valence-corrected chi connectivity index (χ4v) is 1.19. The molecular weight excluding hydrogens is 178 g/mol. The SMILES string of the molecule is CCc1ccc(C(=O)C(C)N=O)cc1. The summed E-state index contributed by atoms with van der Waals surface area (Å²) in [5.41, 5.74) is 1.72. The Morgan fingerprint density at radius 2 is 1.93 bits per heavy atom. The van der Waals surface area contributed by atoms with Gasteiger partial charge in [-0.3, -0.25) is 4.79 Å². The maximum atomic E-state index is 11.5. The second kappa shape index (κ2) is 4.65. The molecule has 0 aliphatic carbocycles. The molecular formula is C11H13NO2. The van der Waals surface area contributed by atoms with Crippen molar-refractivity contribution in [2.75, 3.05) is 0 Å². The van der Waals surface area contributed by atoms with Gasteiger partial charge in [0.1, 0.15) is 0 Å². The van der Waals surface area contributed by atoms with E-state index in [1.54, 1.807) is 12.1 Å². The Kier molecular flexibility index (Phi) is 3.51. The molecule has 0 amide bonds. The van der Waals surface area contributed by atoms with Crippen molar-refractivity contribution in [1.82, 2.24) is 0 Å². The third kappa shape index (κ3) is 2.25. The zero-order valence-electron chi connectivity index (χ0n) is 8.36. The van der Waals surface area contributed by atoms with Crippen LogP contribution in [-0.4, -0.2) is 11.8 Å². The van der Waals surface area contributed by atoms with Crippen molar-refractivity contribution in [3.63, 3.8) is 0 Å². The monoisotopic (exact) mass is 191 g/mol. The van der Waals surface area contributed by atoms with E-state index < -0.39 is 6.04 Å². The van der Waals surface area contributed by atoms with E-state index in [9.17, 15) is 9.70 Å². The van der Waals surface area contributed by atoms with Gasteiger partial charge in [-0.15, -0.1) is 0 Å². The Balaban J connectivity index is 2.86. The molecule has 1 aromatic carbocycles. The quantitative estimate of drug-likeness (QED) is 0.542. The Bertz CT molecular complexity index is 330. The maximum Gasteiger partial charge on any atom is 0.190 e. The van der Waals surface area contributed by atoms with Crippen LogP contribution in [0.15, 0.2) is 29.4 Å². The third-order valence-corrected chi connectivity index (χ3v) is 2.18. The highest BCUT2D eigenvalue weighted by Crippen LogP contribution is 2.08. The molecule has 0 aliphatic rings. The first-order valence-electron chi connectivity index (χ1n) is 4.64. The molecule has 0 saturated carbocycles. The van der Waals surface area contributed by atoms with Gasteiger partial charge < -0.3 is 0 Å². The Morgan fingerprint density at radius 1 is 1.36 bits per heavy atom. The van der Waals surface area contributed by atoms with Crippen molar-refractivity contribution in [2.24, 2.45) is 5.18 Å². The summed E-state index contributed by atoms with van der Waals surface area (Å²) in [6.07, 6.45) is 0.940. The summed E-state index contributed by atoms with van der Waals surface area (Å²) >= 11 is 0. The van der Waals surface area contributed by atoms with Gasteiger partial charge in [0.2, 0.25) is 0 Å². The van der Waals surface area contributed by atoms with Crippen molar-refractivity contribution in [3.05, 3.63) is 40.3 Å². The summed E-state index contributed by atoms with van der Waals surface area (Å²) < 4.78 is 0. The number of hydrogen-bond acceptors (Lipinski definition) is 3. The Hall–Kier alpha value is -1.51. The number of hydrogen-bond donors (Lipinski definition) is 0. The van der Waals surface area contributed by atoms with Crippen LogP contribution in [0.2, 0.25) is 0 Å². The van der Waals surface area contributed by atoms with E-state index in [-0.39, 0.29) is 5.78 Å². The largest absolute Gasteiger partial charge is 0.292 e. The summed E-state index contributed by atoms with van der Waals surface area (Å²) in [4.78, 5) is 21.7. The van der Waals surface area contributed by atoms with Crippen LogP contribution in [0, 0.1) is 4.91 Å². The number of nitroso groups, excluding NO2 is 1. The molecule has 0 saturated heterocycles. The molecule has 1 unspecified atom stereocenters. The van der Waals surface area contributed by atoms with Crippen molar-refractivity contribution in [3.8, 4) is 0 Å². The van der Waals surface area contributed by atoms with Crippen LogP contribution < -0.4 is 0 Å². The van der Waals surface area contributed by atoms with Crippen LogP contribution >= 0.6 is 0 Å². The average Bonchev–Trinajstić information content (AvgIpc) is 2.27. The summed E-state index contributed by atoms with van der Waals surface area (Å²) in [6, 6.07) is 6.48. The molecule has 0 aromatic heterocycles. The standard InChI is InChI=1S/C11H13NO2/c1-3-9-4-6-10(7-5-9)11(13)8(2)12-14/h4-8H,3H2,1-2H3. The molecule has 3 heteroatoms. The van der Waals surface area contributed by atoms with Crippen LogP contribution in [-0.2, 0) is 6.42 Å². The number of carbonyl (C=O) groups is 1. The maximum absolute atomic E-state index is 11.5. The van der Waals surface area contributed by atoms with E-state index in [1.807, 2.05) is 19.1 Å². The van der Waals surface area contributed by atoms with Gasteiger partial charge in [0.25, 0.3) is 0 Å². The predicted octanol–water partition coefficient (Wildman–Crippen LogP) is 2.59. The van der Waals surface area contributed by atoms with Crippen LogP contribution in [0.1, 0.15) is 29.8 Å². The third-order valence-electron chi connectivity index (χ3n) is 2.18. The first-order valence-corrected chi connectivity index (χ1v) is 4.64. The zero-order chi connectivity index (χ0) is 10.6. The second-order valence-electron chi connectivity index (χ2n) is 3.20. The van der Waals surface area contributed by atoms with Gasteiger partial charge in [-0.05, 0) is 18.9 Å². The number of benzene rings is 1. The van der Waals surface area contributed by atoms with Gasteiger partial charge in [0, 0.05) is 5.56 Å². The fraction of sp³-hybridized carbons (Fsp3) is 0.364. The molecule has 3 nitrogen and oxygen atoms in total. The molecule has 1 aromatic rings. The van der Waals surface area contributed by atoms with Gasteiger partial charge in [-0.25, -0.2) is 0 Å². The average molecular weight is 191 g/mol. The lowest BCUT2D eigenvalue weighted by molar-refractivity contribution is 0.0968. The van der Waals surface area contributed by atoms with E-state index in [4.69, 9.17) is 0 Å². The highest BCUT2D eigenvalue weighted by Gasteiger charge is 2.14. The van der Waals surface area contributed by atoms with Crippen molar-refractivity contribution >= 4 is 5.78 Å². The van der Waals surface area contributed by atoms with E-state index in [0.29, 0.717) is 5.56 Å². The summed E-state index contributed by atoms with van der Waals surface area (Å²) in [5, 5.41) is 2.71. The van der Waals surface area contributed by atoms with Crippen LogP contribution in [0.5, 0.6) is 0 Å². The van der Waals surface area contributed by atoms with Gasteiger partial charge in [-0.1, -0.05) is 36.4 Å². The molecule has 0 heterocycles. The molecule has 0 spiro atoms. The topological polar surface area (TPSA) is 46.5 Å². The smallest absolute Gasteiger partial charge is 0.190 e. The zero-order valence-corrected chi connectivity index (χ0v) is 8.36. The number of carbonyl (C=O) groups excluding carboxylic acids is 1. The number of nitrogens with zero attached hydrogens (tertiary/aromatic N) is 1. The second-order valence-corrected chi connectivity index (χ2v) is 3.20. The van der Waals surface area contributed by atoms with Crippen molar-refractivity contribution in [1.29, 1.82) is 0 Å². The number of Topliss-reactive ketones (excluding diaryl/α,β-unsaturated/α-hetero) is 1. The number of rotatable bonds is 4. The molecule has 0 bridgehead atoms. The molecule has 1 atom stereocenters. The first kappa shape index (κ1) is 10.6. The summed E-state index contributed by atoms with van der Waals surface area (Å²) in [7, 11) is 0. The van der Waals surface area contributed by atoms with Crippen molar-refractivity contribution < 1.29 is 4.79 Å². The Labute approximate surface area is 83.1 Å². The van der Waals surface area contributed by atoms with E-state index in [2.05, 4.69) is 5.18 Å². The minimum atomic E-state index is -0.789. The predicted molar refractivity (Wildman–Crippen MR) is 55.4 cm³/mol. The van der Waals surface area contributed by atoms with Crippen molar-refractivity contribution in [2.45, 2.75) is 26.3 Å². The first-order chi connectivity index (χ1) is 6.69. The number of ketones is 1. The summed E-state index contributed by atoms with van der Waals surface area (Å²) in [5.74, 6) is -0.220.